The van der Waals surface area contributed by atoms with Crippen LogP contribution in [0, 0.1) is 0 Å². The van der Waals surface area contributed by atoms with E-state index in [0.29, 0.717) is 32.7 Å². The van der Waals surface area contributed by atoms with Crippen LogP contribution in [0.4, 0.5) is 0 Å². The zero-order chi connectivity index (χ0) is 13.5. The predicted molar refractivity (Wildman–Crippen MR) is 70.5 cm³/mol. The first kappa shape index (κ1) is 13.7. The number of carbonyl (C=O) groups is 1. The maximum Gasteiger partial charge on any atom is 0.307 e. The van der Waals surface area contributed by atoms with Gasteiger partial charge in [0.25, 0.3) is 0 Å². The molecule has 0 aliphatic carbocycles. The summed E-state index contributed by atoms with van der Waals surface area (Å²) in [5.41, 5.74) is 0. The molecular weight excluding hydrogens is 246 g/mol. The molecule has 0 saturated heterocycles. The molecule has 0 aromatic heterocycles. The highest BCUT2D eigenvalue weighted by Gasteiger charge is 2.19. The van der Waals surface area contributed by atoms with Gasteiger partial charge in [-0.2, -0.15) is 0 Å². The normalized spacial score (nSPS) is 17.0. The molecule has 0 fully saturated rings. The molecule has 104 valence electrons. The fourth-order valence-electron chi connectivity index (χ4n) is 1.85. The monoisotopic (exact) mass is 265 g/mol. The summed E-state index contributed by atoms with van der Waals surface area (Å²) in [6.45, 7) is 3.97. The molecule has 1 aliphatic heterocycles. The number of hydrogen-bond donors (Lipinski definition) is 1. The summed E-state index contributed by atoms with van der Waals surface area (Å²) in [5, 5.41) is 3.17. The van der Waals surface area contributed by atoms with Gasteiger partial charge in [-0.05, 0) is 19.1 Å². The standard InChI is InChI=1S/C14H19NO4/c1-2-17-14(16)7-8-15-9-11-10-18-12-5-3-4-6-13(12)19-11/h3-6,11,15H,2,7-10H2,1H3/t11-/m0/s1. The molecule has 1 N–H and O–H groups in total. The van der Waals surface area contributed by atoms with Crippen LogP contribution in [0.2, 0.25) is 0 Å². The van der Waals surface area contributed by atoms with Crippen molar-refractivity contribution in [2.75, 3.05) is 26.3 Å². The Labute approximate surface area is 112 Å². The van der Waals surface area contributed by atoms with Crippen molar-refractivity contribution in [3.05, 3.63) is 24.3 Å². The van der Waals surface area contributed by atoms with E-state index in [-0.39, 0.29) is 12.1 Å². The zero-order valence-electron chi connectivity index (χ0n) is 11.1. The van der Waals surface area contributed by atoms with Crippen LogP contribution in [0.5, 0.6) is 11.5 Å². The zero-order valence-corrected chi connectivity index (χ0v) is 11.1. The summed E-state index contributed by atoms with van der Waals surface area (Å²) in [7, 11) is 0. The lowest BCUT2D eigenvalue weighted by atomic mass is 10.2. The third kappa shape index (κ3) is 4.13. The van der Waals surface area contributed by atoms with Crippen LogP contribution in [-0.4, -0.2) is 38.4 Å². The number of hydrogen-bond acceptors (Lipinski definition) is 5. The summed E-state index contributed by atoms with van der Waals surface area (Å²) in [6, 6.07) is 7.61. The number of fused-ring (bicyclic) bond motifs is 1. The minimum atomic E-state index is -0.179. The summed E-state index contributed by atoms with van der Waals surface area (Å²) in [5.74, 6) is 1.37. The Morgan fingerprint density at radius 1 is 1.42 bits per heavy atom. The van der Waals surface area contributed by atoms with Crippen molar-refractivity contribution >= 4 is 5.97 Å². The summed E-state index contributed by atoms with van der Waals surface area (Å²) < 4.78 is 16.2. The fourth-order valence-corrected chi connectivity index (χ4v) is 1.85. The number of para-hydroxylation sites is 2. The minimum Gasteiger partial charge on any atom is -0.486 e. The molecule has 1 aromatic rings. The molecule has 5 nitrogen and oxygen atoms in total. The number of ether oxygens (including phenoxy) is 3. The van der Waals surface area contributed by atoms with Crippen molar-refractivity contribution in [3.63, 3.8) is 0 Å². The van der Waals surface area contributed by atoms with E-state index < -0.39 is 0 Å². The first-order valence-electron chi connectivity index (χ1n) is 6.54. The molecule has 1 aromatic carbocycles. The molecule has 0 unspecified atom stereocenters. The third-order valence-corrected chi connectivity index (χ3v) is 2.75. The van der Waals surface area contributed by atoms with Gasteiger partial charge in [-0.25, -0.2) is 0 Å². The van der Waals surface area contributed by atoms with Gasteiger partial charge in [0.2, 0.25) is 0 Å². The molecule has 0 amide bonds. The van der Waals surface area contributed by atoms with Gasteiger partial charge in [0.15, 0.2) is 11.5 Å². The molecule has 1 aliphatic rings. The van der Waals surface area contributed by atoms with E-state index in [4.69, 9.17) is 14.2 Å². The number of rotatable bonds is 6. The average molecular weight is 265 g/mol. The van der Waals surface area contributed by atoms with Gasteiger partial charge in [0.1, 0.15) is 12.7 Å². The molecule has 0 spiro atoms. The molecule has 1 heterocycles. The molecule has 0 saturated carbocycles. The number of esters is 1. The van der Waals surface area contributed by atoms with Crippen LogP contribution >= 0.6 is 0 Å². The number of nitrogens with one attached hydrogen (secondary N) is 1. The van der Waals surface area contributed by atoms with Crippen molar-refractivity contribution in [2.24, 2.45) is 0 Å². The second-order valence-corrected chi connectivity index (χ2v) is 4.26. The second kappa shape index (κ2) is 6.99. The van der Waals surface area contributed by atoms with Crippen LogP contribution in [0.1, 0.15) is 13.3 Å². The lowest BCUT2D eigenvalue weighted by Crippen LogP contribution is -2.39. The van der Waals surface area contributed by atoms with E-state index in [0.717, 1.165) is 11.5 Å². The highest BCUT2D eigenvalue weighted by Crippen LogP contribution is 2.30. The van der Waals surface area contributed by atoms with Crippen LogP contribution in [0.15, 0.2) is 24.3 Å². The van der Waals surface area contributed by atoms with E-state index in [1.54, 1.807) is 6.92 Å². The van der Waals surface area contributed by atoms with Gasteiger partial charge in [0, 0.05) is 13.1 Å². The van der Waals surface area contributed by atoms with E-state index in [2.05, 4.69) is 5.32 Å². The Kier molecular flexibility index (Phi) is 5.03. The molecule has 2 rings (SSSR count). The Morgan fingerprint density at radius 3 is 3.00 bits per heavy atom. The van der Waals surface area contributed by atoms with Crippen LogP contribution < -0.4 is 14.8 Å². The molecule has 5 heteroatoms. The number of benzene rings is 1. The molecule has 0 radical (unpaired) electrons. The van der Waals surface area contributed by atoms with Crippen molar-refractivity contribution < 1.29 is 19.0 Å². The minimum absolute atomic E-state index is 0.0305. The Morgan fingerprint density at radius 2 is 2.21 bits per heavy atom. The maximum atomic E-state index is 11.1. The van der Waals surface area contributed by atoms with Gasteiger partial charge < -0.3 is 19.5 Å². The lowest BCUT2D eigenvalue weighted by Gasteiger charge is -2.26. The van der Waals surface area contributed by atoms with Crippen molar-refractivity contribution in [3.8, 4) is 11.5 Å². The van der Waals surface area contributed by atoms with Gasteiger partial charge in [0.05, 0.1) is 13.0 Å². The number of carbonyl (C=O) groups excluding carboxylic acids is 1. The van der Waals surface area contributed by atoms with E-state index in [1.165, 1.54) is 0 Å². The van der Waals surface area contributed by atoms with E-state index in [1.807, 2.05) is 24.3 Å². The second-order valence-electron chi connectivity index (χ2n) is 4.26. The topological polar surface area (TPSA) is 56.8 Å². The summed E-state index contributed by atoms with van der Waals surface area (Å²) >= 11 is 0. The SMILES string of the molecule is CCOC(=O)CCNC[C@H]1COc2ccccc2O1. The first-order valence-corrected chi connectivity index (χ1v) is 6.54. The molecular formula is C14H19NO4. The van der Waals surface area contributed by atoms with Crippen LogP contribution in [0.25, 0.3) is 0 Å². The summed E-state index contributed by atoms with van der Waals surface area (Å²) in [6.07, 6.45) is 0.343. The van der Waals surface area contributed by atoms with Gasteiger partial charge in [-0.15, -0.1) is 0 Å². The quantitative estimate of drug-likeness (QED) is 0.622. The average Bonchev–Trinajstić information content (AvgIpc) is 2.44. The van der Waals surface area contributed by atoms with Gasteiger partial charge >= 0.3 is 5.97 Å². The smallest absolute Gasteiger partial charge is 0.307 e. The van der Waals surface area contributed by atoms with E-state index >= 15 is 0 Å². The largest absolute Gasteiger partial charge is 0.486 e. The molecule has 19 heavy (non-hydrogen) atoms. The Bertz CT molecular complexity index is 422. The van der Waals surface area contributed by atoms with Gasteiger partial charge in [-0.1, -0.05) is 12.1 Å². The van der Waals surface area contributed by atoms with E-state index in [9.17, 15) is 4.79 Å². The predicted octanol–water partition coefficient (Wildman–Crippen LogP) is 1.37. The lowest BCUT2D eigenvalue weighted by molar-refractivity contribution is -0.142. The molecule has 1 atom stereocenters. The summed E-state index contributed by atoms with van der Waals surface area (Å²) in [4.78, 5) is 11.1. The van der Waals surface area contributed by atoms with Crippen LogP contribution in [0.3, 0.4) is 0 Å². The van der Waals surface area contributed by atoms with Crippen molar-refractivity contribution in [2.45, 2.75) is 19.4 Å². The maximum absolute atomic E-state index is 11.1. The molecule has 0 bridgehead atoms. The van der Waals surface area contributed by atoms with Gasteiger partial charge in [-0.3, -0.25) is 4.79 Å². The van der Waals surface area contributed by atoms with Crippen molar-refractivity contribution in [1.82, 2.24) is 5.32 Å². The fraction of sp³-hybridized carbons (Fsp3) is 0.500. The highest BCUT2D eigenvalue weighted by atomic mass is 16.6. The Balaban J connectivity index is 1.67. The first-order chi connectivity index (χ1) is 9.29. The third-order valence-electron chi connectivity index (χ3n) is 2.75. The highest BCUT2D eigenvalue weighted by molar-refractivity contribution is 5.69. The van der Waals surface area contributed by atoms with Crippen molar-refractivity contribution in [1.29, 1.82) is 0 Å². The van der Waals surface area contributed by atoms with Crippen LogP contribution in [-0.2, 0) is 9.53 Å². The Hall–Kier alpha value is -1.75.